The van der Waals surface area contributed by atoms with Gasteiger partial charge in [0, 0.05) is 26.2 Å². The molecule has 0 aromatic rings. The second kappa shape index (κ2) is 8.10. The van der Waals surface area contributed by atoms with E-state index in [4.69, 9.17) is 10.5 Å². The summed E-state index contributed by atoms with van der Waals surface area (Å²) in [5.41, 5.74) is 4.82. The molecule has 1 aliphatic rings. The molecular formula is C14H30N2O2. The zero-order chi connectivity index (χ0) is 13.4. The van der Waals surface area contributed by atoms with Crippen molar-refractivity contribution in [3.63, 3.8) is 0 Å². The molecule has 0 saturated carbocycles. The molecule has 108 valence electrons. The molecule has 0 aromatic carbocycles. The molecule has 4 nitrogen and oxygen atoms in total. The van der Waals surface area contributed by atoms with Crippen molar-refractivity contribution in [1.29, 1.82) is 0 Å². The fraction of sp³-hybridized carbons (Fsp3) is 1.00. The van der Waals surface area contributed by atoms with E-state index >= 15 is 0 Å². The summed E-state index contributed by atoms with van der Waals surface area (Å²) in [6.45, 7) is 8.51. The highest BCUT2D eigenvalue weighted by Gasteiger charge is 2.20. The van der Waals surface area contributed by atoms with Crippen LogP contribution in [0.3, 0.4) is 0 Å². The lowest BCUT2D eigenvalue weighted by atomic mass is 9.99. The van der Waals surface area contributed by atoms with E-state index in [-0.39, 0.29) is 0 Å². The predicted molar refractivity (Wildman–Crippen MR) is 74.6 cm³/mol. The Morgan fingerprint density at radius 1 is 1.33 bits per heavy atom. The minimum atomic E-state index is -0.679. The van der Waals surface area contributed by atoms with Gasteiger partial charge >= 0.3 is 0 Å². The SMILES string of the molecule is CCOC1CCN(CCCCC(C)(O)CN)CC1. The van der Waals surface area contributed by atoms with Crippen molar-refractivity contribution in [2.45, 2.75) is 57.7 Å². The lowest BCUT2D eigenvalue weighted by molar-refractivity contribution is 0.0132. The number of likely N-dealkylation sites (tertiary alicyclic amines) is 1. The number of nitrogens with zero attached hydrogens (tertiary/aromatic N) is 1. The normalized spacial score (nSPS) is 22.0. The van der Waals surface area contributed by atoms with Gasteiger partial charge in [-0.15, -0.1) is 0 Å². The van der Waals surface area contributed by atoms with Crippen LogP contribution in [0.25, 0.3) is 0 Å². The first-order valence-corrected chi connectivity index (χ1v) is 7.34. The topological polar surface area (TPSA) is 58.7 Å². The number of piperidine rings is 1. The average Bonchev–Trinajstić information content (AvgIpc) is 2.37. The van der Waals surface area contributed by atoms with E-state index in [1.165, 1.54) is 0 Å². The Morgan fingerprint density at radius 2 is 2.00 bits per heavy atom. The number of rotatable bonds is 8. The van der Waals surface area contributed by atoms with Crippen molar-refractivity contribution in [1.82, 2.24) is 4.90 Å². The van der Waals surface area contributed by atoms with Gasteiger partial charge in [-0.2, -0.15) is 0 Å². The van der Waals surface area contributed by atoms with Gasteiger partial charge in [0.2, 0.25) is 0 Å². The molecule has 1 rings (SSSR count). The van der Waals surface area contributed by atoms with Gasteiger partial charge in [-0.1, -0.05) is 0 Å². The van der Waals surface area contributed by atoms with Gasteiger partial charge < -0.3 is 20.5 Å². The molecule has 0 radical (unpaired) electrons. The molecule has 0 amide bonds. The number of hydrogen-bond acceptors (Lipinski definition) is 4. The first-order chi connectivity index (χ1) is 8.57. The molecule has 1 heterocycles. The van der Waals surface area contributed by atoms with Crippen molar-refractivity contribution in [3.8, 4) is 0 Å². The standard InChI is InChI=1S/C14H30N2O2/c1-3-18-13-6-10-16(11-7-13)9-5-4-8-14(2,17)12-15/h13,17H,3-12,15H2,1-2H3. The maximum atomic E-state index is 9.80. The Kier molecular flexibility index (Phi) is 7.15. The molecule has 0 spiro atoms. The molecule has 3 N–H and O–H groups in total. The highest BCUT2D eigenvalue weighted by atomic mass is 16.5. The van der Waals surface area contributed by atoms with Crippen LogP contribution in [0, 0.1) is 0 Å². The molecule has 0 aromatic heterocycles. The highest BCUT2D eigenvalue weighted by molar-refractivity contribution is 4.75. The van der Waals surface area contributed by atoms with Crippen molar-refractivity contribution in [2.24, 2.45) is 5.73 Å². The molecule has 1 unspecified atom stereocenters. The summed E-state index contributed by atoms with van der Waals surface area (Å²) >= 11 is 0. The van der Waals surface area contributed by atoms with Crippen LogP contribution in [0.4, 0.5) is 0 Å². The van der Waals surface area contributed by atoms with Crippen LogP contribution in [0.5, 0.6) is 0 Å². The van der Waals surface area contributed by atoms with Crippen LogP contribution in [-0.2, 0) is 4.74 Å². The van der Waals surface area contributed by atoms with Gasteiger partial charge in [0.15, 0.2) is 0 Å². The molecule has 1 aliphatic heterocycles. The van der Waals surface area contributed by atoms with Gasteiger partial charge in [-0.25, -0.2) is 0 Å². The van der Waals surface area contributed by atoms with Gasteiger partial charge in [-0.3, -0.25) is 0 Å². The van der Waals surface area contributed by atoms with Gasteiger partial charge in [0.1, 0.15) is 0 Å². The second-order valence-corrected chi connectivity index (χ2v) is 5.65. The third kappa shape index (κ3) is 6.14. The fourth-order valence-electron chi connectivity index (χ4n) is 2.48. The predicted octanol–water partition coefficient (Wildman–Crippen LogP) is 1.37. The summed E-state index contributed by atoms with van der Waals surface area (Å²) in [6, 6.07) is 0. The lowest BCUT2D eigenvalue weighted by Gasteiger charge is -2.31. The Labute approximate surface area is 111 Å². The number of ether oxygens (including phenoxy) is 1. The van der Waals surface area contributed by atoms with Crippen LogP contribution in [0.2, 0.25) is 0 Å². The van der Waals surface area contributed by atoms with Crippen molar-refractivity contribution < 1.29 is 9.84 Å². The molecule has 0 bridgehead atoms. The summed E-state index contributed by atoms with van der Waals surface area (Å²) in [6.07, 6.45) is 5.80. The number of nitrogens with two attached hydrogens (primary N) is 1. The molecule has 0 aliphatic carbocycles. The zero-order valence-corrected chi connectivity index (χ0v) is 12.0. The van der Waals surface area contributed by atoms with E-state index in [1.54, 1.807) is 0 Å². The van der Waals surface area contributed by atoms with E-state index in [2.05, 4.69) is 11.8 Å². The Balaban J connectivity index is 2.04. The molecule has 1 atom stereocenters. The zero-order valence-electron chi connectivity index (χ0n) is 12.0. The summed E-state index contributed by atoms with van der Waals surface area (Å²) in [5.74, 6) is 0. The van der Waals surface area contributed by atoms with E-state index in [0.717, 1.165) is 58.3 Å². The third-order valence-corrected chi connectivity index (χ3v) is 3.82. The summed E-state index contributed by atoms with van der Waals surface area (Å²) < 4.78 is 5.64. The van der Waals surface area contributed by atoms with E-state index in [0.29, 0.717) is 12.6 Å². The van der Waals surface area contributed by atoms with Gasteiger partial charge in [-0.05, 0) is 52.5 Å². The monoisotopic (exact) mass is 258 g/mol. The van der Waals surface area contributed by atoms with Crippen LogP contribution in [0.15, 0.2) is 0 Å². The highest BCUT2D eigenvalue weighted by Crippen LogP contribution is 2.16. The van der Waals surface area contributed by atoms with Crippen molar-refractivity contribution in [2.75, 3.05) is 32.8 Å². The lowest BCUT2D eigenvalue weighted by Crippen LogP contribution is -2.38. The van der Waals surface area contributed by atoms with Crippen LogP contribution >= 0.6 is 0 Å². The van der Waals surface area contributed by atoms with Gasteiger partial charge in [0.05, 0.1) is 11.7 Å². The van der Waals surface area contributed by atoms with E-state index in [1.807, 2.05) is 6.92 Å². The molecule has 1 saturated heterocycles. The van der Waals surface area contributed by atoms with E-state index < -0.39 is 5.60 Å². The van der Waals surface area contributed by atoms with E-state index in [9.17, 15) is 5.11 Å². The Hall–Kier alpha value is -0.160. The molecule has 18 heavy (non-hydrogen) atoms. The first kappa shape index (κ1) is 15.9. The van der Waals surface area contributed by atoms with Gasteiger partial charge in [0.25, 0.3) is 0 Å². The summed E-state index contributed by atoms with van der Waals surface area (Å²) in [5, 5.41) is 9.80. The average molecular weight is 258 g/mol. The second-order valence-electron chi connectivity index (χ2n) is 5.65. The molecule has 1 fully saturated rings. The molecular weight excluding hydrogens is 228 g/mol. The molecule has 4 heteroatoms. The maximum absolute atomic E-state index is 9.80. The Morgan fingerprint density at radius 3 is 2.56 bits per heavy atom. The quantitative estimate of drug-likeness (QED) is 0.646. The van der Waals surface area contributed by atoms with Crippen molar-refractivity contribution >= 4 is 0 Å². The largest absolute Gasteiger partial charge is 0.389 e. The number of aliphatic hydroxyl groups is 1. The minimum Gasteiger partial charge on any atom is -0.389 e. The fourth-order valence-corrected chi connectivity index (χ4v) is 2.48. The van der Waals surface area contributed by atoms with Crippen LogP contribution < -0.4 is 5.73 Å². The van der Waals surface area contributed by atoms with Crippen LogP contribution in [-0.4, -0.2) is 54.5 Å². The van der Waals surface area contributed by atoms with Crippen molar-refractivity contribution in [3.05, 3.63) is 0 Å². The van der Waals surface area contributed by atoms with Crippen LogP contribution in [0.1, 0.15) is 46.0 Å². The first-order valence-electron chi connectivity index (χ1n) is 7.34. The Bertz CT molecular complexity index is 214. The number of unbranched alkanes of at least 4 members (excludes halogenated alkanes) is 1. The smallest absolute Gasteiger partial charge is 0.0741 e. The summed E-state index contributed by atoms with van der Waals surface area (Å²) in [4.78, 5) is 2.51. The minimum absolute atomic E-state index is 0.354. The third-order valence-electron chi connectivity index (χ3n) is 3.82. The summed E-state index contributed by atoms with van der Waals surface area (Å²) in [7, 11) is 0. The number of hydrogen-bond donors (Lipinski definition) is 2. The maximum Gasteiger partial charge on any atom is 0.0741 e.